The summed E-state index contributed by atoms with van der Waals surface area (Å²) in [6, 6.07) is 0.373. The largest absolute Gasteiger partial charge is 0.444 e. The van der Waals surface area contributed by atoms with Crippen LogP contribution in [0, 0.1) is 5.41 Å². The fourth-order valence-electron chi connectivity index (χ4n) is 3.20. The maximum absolute atomic E-state index is 12.0. The molecule has 0 aromatic heterocycles. The average Bonchev–Trinajstić information content (AvgIpc) is 2.58. The highest BCUT2D eigenvalue weighted by Crippen LogP contribution is 2.45. The number of amides is 1. The first-order valence-corrected chi connectivity index (χ1v) is 7.03. The normalized spacial score (nSPS) is 27.6. The smallest absolute Gasteiger partial charge is 0.410 e. The van der Waals surface area contributed by atoms with E-state index in [0.29, 0.717) is 11.5 Å². The number of nitrogens with zero attached hydrogens (tertiary/aromatic N) is 1. The Hall–Kier alpha value is -0.770. The topological polar surface area (TPSA) is 55.6 Å². The van der Waals surface area contributed by atoms with Gasteiger partial charge in [-0.2, -0.15) is 0 Å². The molecule has 18 heavy (non-hydrogen) atoms. The number of hydrogen-bond acceptors (Lipinski definition) is 3. The molecule has 1 saturated carbocycles. The Labute approximate surface area is 110 Å². The van der Waals surface area contributed by atoms with Crippen LogP contribution in [0.1, 0.15) is 52.9 Å². The number of likely N-dealkylation sites (tertiary alicyclic amines) is 1. The molecule has 4 heteroatoms. The highest BCUT2D eigenvalue weighted by molar-refractivity contribution is 5.68. The van der Waals surface area contributed by atoms with E-state index < -0.39 is 5.60 Å². The van der Waals surface area contributed by atoms with Gasteiger partial charge >= 0.3 is 6.09 Å². The second-order valence-electron chi connectivity index (χ2n) is 6.97. The molecule has 0 radical (unpaired) electrons. The van der Waals surface area contributed by atoms with Crippen LogP contribution >= 0.6 is 0 Å². The third-order valence-corrected chi connectivity index (χ3v) is 4.22. The van der Waals surface area contributed by atoms with Crippen molar-refractivity contribution in [3.05, 3.63) is 0 Å². The van der Waals surface area contributed by atoms with Crippen molar-refractivity contribution >= 4 is 6.09 Å². The fourth-order valence-corrected chi connectivity index (χ4v) is 3.20. The summed E-state index contributed by atoms with van der Waals surface area (Å²) >= 11 is 0. The summed E-state index contributed by atoms with van der Waals surface area (Å²) in [5.41, 5.74) is 6.03. The summed E-state index contributed by atoms with van der Waals surface area (Å²) in [7, 11) is 0. The van der Waals surface area contributed by atoms with E-state index in [2.05, 4.69) is 0 Å². The van der Waals surface area contributed by atoms with E-state index in [1.807, 2.05) is 25.7 Å². The standard InChI is InChI=1S/C14H26N2O2/c1-13(2,3)18-12(17)16-8-6-14(7-9-16)5-4-11(15)10-14/h11H,4-10,15H2,1-3H3/t11-/m1/s1. The van der Waals surface area contributed by atoms with E-state index in [1.165, 1.54) is 6.42 Å². The Morgan fingerprint density at radius 1 is 1.28 bits per heavy atom. The lowest BCUT2D eigenvalue weighted by atomic mass is 9.77. The number of rotatable bonds is 0. The van der Waals surface area contributed by atoms with Crippen LogP contribution in [0.5, 0.6) is 0 Å². The Kier molecular flexibility index (Phi) is 3.58. The Balaban J connectivity index is 1.85. The molecule has 1 aliphatic carbocycles. The molecule has 0 aromatic rings. The second kappa shape index (κ2) is 4.72. The fraction of sp³-hybridized carbons (Fsp3) is 0.929. The maximum Gasteiger partial charge on any atom is 0.410 e. The molecule has 1 aliphatic heterocycles. The molecule has 2 N–H and O–H groups in total. The van der Waals surface area contributed by atoms with Crippen LogP contribution < -0.4 is 5.73 Å². The number of ether oxygens (including phenoxy) is 1. The minimum atomic E-state index is -0.401. The van der Waals surface area contributed by atoms with Gasteiger partial charge in [0.05, 0.1) is 0 Å². The zero-order chi connectivity index (χ0) is 13.4. The van der Waals surface area contributed by atoms with Crippen molar-refractivity contribution < 1.29 is 9.53 Å². The Morgan fingerprint density at radius 3 is 2.33 bits per heavy atom. The molecular formula is C14H26N2O2. The number of nitrogens with two attached hydrogens (primary N) is 1. The molecule has 1 heterocycles. The van der Waals surface area contributed by atoms with Crippen LogP contribution in [0.4, 0.5) is 4.79 Å². The number of carbonyl (C=O) groups excluding carboxylic acids is 1. The Bertz CT molecular complexity index is 314. The SMILES string of the molecule is CC(C)(C)OC(=O)N1CCC2(CC[C@@H](N)C2)CC1. The highest BCUT2D eigenvalue weighted by atomic mass is 16.6. The number of carbonyl (C=O) groups is 1. The van der Waals surface area contributed by atoms with Gasteiger partial charge in [-0.15, -0.1) is 0 Å². The molecule has 2 fully saturated rings. The molecule has 1 saturated heterocycles. The Morgan fingerprint density at radius 2 is 1.89 bits per heavy atom. The van der Waals surface area contributed by atoms with E-state index in [0.717, 1.165) is 38.8 Å². The molecule has 0 aromatic carbocycles. The monoisotopic (exact) mass is 254 g/mol. The van der Waals surface area contributed by atoms with Gasteiger partial charge in [0, 0.05) is 19.1 Å². The van der Waals surface area contributed by atoms with Gasteiger partial charge in [-0.05, 0) is 58.3 Å². The van der Waals surface area contributed by atoms with Gasteiger partial charge in [0.2, 0.25) is 0 Å². The molecule has 1 spiro atoms. The van der Waals surface area contributed by atoms with Gasteiger partial charge in [-0.1, -0.05) is 0 Å². The lowest BCUT2D eigenvalue weighted by Crippen LogP contribution is -2.44. The van der Waals surface area contributed by atoms with Crippen molar-refractivity contribution in [1.29, 1.82) is 0 Å². The van der Waals surface area contributed by atoms with Crippen LogP contribution in [0.15, 0.2) is 0 Å². The average molecular weight is 254 g/mol. The van der Waals surface area contributed by atoms with Crippen LogP contribution in [0.25, 0.3) is 0 Å². The predicted octanol–water partition coefficient (Wildman–Crippen LogP) is 2.51. The lowest BCUT2D eigenvalue weighted by molar-refractivity contribution is 0.0106. The molecule has 104 valence electrons. The third-order valence-electron chi connectivity index (χ3n) is 4.22. The van der Waals surface area contributed by atoms with Gasteiger partial charge in [-0.3, -0.25) is 0 Å². The van der Waals surface area contributed by atoms with Crippen LogP contribution in [0.3, 0.4) is 0 Å². The number of piperidine rings is 1. The first-order chi connectivity index (χ1) is 8.30. The van der Waals surface area contributed by atoms with Crippen molar-refractivity contribution in [3.63, 3.8) is 0 Å². The summed E-state index contributed by atoms with van der Waals surface area (Å²) in [6.07, 6.45) is 5.51. The molecular weight excluding hydrogens is 228 g/mol. The summed E-state index contributed by atoms with van der Waals surface area (Å²) in [5, 5.41) is 0. The number of hydrogen-bond donors (Lipinski definition) is 1. The first kappa shape index (κ1) is 13.7. The summed E-state index contributed by atoms with van der Waals surface area (Å²) < 4.78 is 5.41. The zero-order valence-electron chi connectivity index (χ0n) is 11.9. The maximum atomic E-state index is 12.0. The minimum Gasteiger partial charge on any atom is -0.444 e. The van der Waals surface area contributed by atoms with Crippen molar-refractivity contribution in [3.8, 4) is 0 Å². The minimum absolute atomic E-state index is 0.167. The van der Waals surface area contributed by atoms with Gasteiger partial charge < -0.3 is 15.4 Å². The van der Waals surface area contributed by atoms with E-state index in [1.54, 1.807) is 0 Å². The zero-order valence-corrected chi connectivity index (χ0v) is 11.9. The molecule has 2 rings (SSSR count). The van der Waals surface area contributed by atoms with Crippen LogP contribution in [-0.4, -0.2) is 35.7 Å². The molecule has 0 bridgehead atoms. The van der Waals surface area contributed by atoms with Crippen molar-refractivity contribution in [2.45, 2.75) is 64.5 Å². The molecule has 2 aliphatic rings. The third kappa shape index (κ3) is 3.16. The van der Waals surface area contributed by atoms with Gasteiger partial charge in [0.15, 0.2) is 0 Å². The first-order valence-electron chi connectivity index (χ1n) is 7.03. The summed E-state index contributed by atoms with van der Waals surface area (Å²) in [5.74, 6) is 0. The molecule has 1 amide bonds. The quantitative estimate of drug-likeness (QED) is 0.722. The van der Waals surface area contributed by atoms with Crippen molar-refractivity contribution in [2.24, 2.45) is 11.1 Å². The van der Waals surface area contributed by atoms with Crippen LogP contribution in [0.2, 0.25) is 0 Å². The summed E-state index contributed by atoms with van der Waals surface area (Å²) in [4.78, 5) is 13.8. The van der Waals surface area contributed by atoms with E-state index in [-0.39, 0.29) is 6.09 Å². The molecule has 4 nitrogen and oxygen atoms in total. The van der Waals surface area contributed by atoms with E-state index >= 15 is 0 Å². The predicted molar refractivity (Wildman–Crippen MR) is 71.3 cm³/mol. The highest BCUT2D eigenvalue weighted by Gasteiger charge is 2.41. The molecule has 1 atom stereocenters. The van der Waals surface area contributed by atoms with E-state index in [4.69, 9.17) is 10.5 Å². The van der Waals surface area contributed by atoms with Gasteiger partial charge in [-0.25, -0.2) is 4.79 Å². The summed E-state index contributed by atoms with van der Waals surface area (Å²) in [6.45, 7) is 7.37. The van der Waals surface area contributed by atoms with Crippen LogP contribution in [-0.2, 0) is 4.74 Å². The second-order valence-corrected chi connectivity index (χ2v) is 6.97. The van der Waals surface area contributed by atoms with Crippen molar-refractivity contribution in [1.82, 2.24) is 4.90 Å². The van der Waals surface area contributed by atoms with E-state index in [9.17, 15) is 4.79 Å². The van der Waals surface area contributed by atoms with Gasteiger partial charge in [0.25, 0.3) is 0 Å². The van der Waals surface area contributed by atoms with Crippen molar-refractivity contribution in [2.75, 3.05) is 13.1 Å². The molecule has 0 unspecified atom stereocenters. The van der Waals surface area contributed by atoms with Gasteiger partial charge in [0.1, 0.15) is 5.60 Å². The lowest BCUT2D eigenvalue weighted by Gasteiger charge is -2.39.